The summed E-state index contributed by atoms with van der Waals surface area (Å²) in [6.45, 7) is 2.89. The van der Waals surface area contributed by atoms with Crippen LogP contribution in [0.1, 0.15) is 19.8 Å². The maximum Gasteiger partial charge on any atom is 0.226 e. The summed E-state index contributed by atoms with van der Waals surface area (Å²) in [5.41, 5.74) is 0. The van der Waals surface area contributed by atoms with E-state index in [2.05, 4.69) is 6.92 Å². The van der Waals surface area contributed by atoms with Gasteiger partial charge in [-0.1, -0.05) is 13.3 Å². The van der Waals surface area contributed by atoms with Gasteiger partial charge >= 0.3 is 0 Å². The molecule has 0 aliphatic carbocycles. The monoisotopic (exact) mass is 115 g/mol. The predicted molar refractivity (Wildman–Crippen MR) is 31.4 cm³/mol. The number of rotatable bonds is 5. The quantitative estimate of drug-likeness (QED) is 0.498. The van der Waals surface area contributed by atoms with Crippen LogP contribution in [0, 0.1) is 0 Å². The van der Waals surface area contributed by atoms with Gasteiger partial charge in [-0.25, -0.2) is 0 Å². The first-order valence-electron chi connectivity index (χ1n) is 2.84. The van der Waals surface area contributed by atoms with Gasteiger partial charge in [-0.05, 0) is 6.42 Å². The van der Waals surface area contributed by atoms with Gasteiger partial charge in [0.15, 0.2) is 0 Å². The van der Waals surface area contributed by atoms with E-state index in [9.17, 15) is 4.79 Å². The molecular formula is C6H11O2. The highest BCUT2D eigenvalue weighted by Gasteiger charge is 1.82. The van der Waals surface area contributed by atoms with E-state index in [1.165, 1.54) is 0 Å². The third-order valence-electron chi connectivity index (χ3n) is 0.803. The molecule has 0 heterocycles. The molecule has 0 aliphatic heterocycles. The summed E-state index contributed by atoms with van der Waals surface area (Å²) >= 11 is 0. The Morgan fingerprint density at radius 2 is 2.38 bits per heavy atom. The minimum absolute atomic E-state index is 0.125. The van der Waals surface area contributed by atoms with Crippen molar-refractivity contribution in [2.45, 2.75) is 19.8 Å². The number of hydrogen-bond acceptors (Lipinski definition) is 2. The smallest absolute Gasteiger partial charge is 0.226 e. The van der Waals surface area contributed by atoms with Crippen LogP contribution in [0.3, 0.4) is 0 Å². The molecule has 0 unspecified atom stereocenters. The Balaban J connectivity index is 2.62. The molecule has 0 rings (SSSR count). The number of carbonyl (C=O) groups excluding carboxylic acids is 1. The van der Waals surface area contributed by atoms with Crippen LogP contribution in [0.25, 0.3) is 0 Å². The fourth-order valence-corrected chi connectivity index (χ4v) is 0.360. The van der Waals surface area contributed by atoms with Crippen molar-refractivity contribution >= 4 is 6.29 Å². The van der Waals surface area contributed by atoms with Crippen molar-refractivity contribution in [3.05, 3.63) is 0 Å². The van der Waals surface area contributed by atoms with Gasteiger partial charge in [0, 0.05) is 6.61 Å². The lowest BCUT2D eigenvalue weighted by Crippen LogP contribution is -1.96. The maximum atomic E-state index is 9.52. The zero-order chi connectivity index (χ0) is 6.24. The summed E-state index contributed by atoms with van der Waals surface area (Å²) in [4.78, 5) is 9.52. The molecule has 0 bridgehead atoms. The van der Waals surface area contributed by atoms with Gasteiger partial charge in [-0.3, -0.25) is 4.79 Å². The predicted octanol–water partition coefficient (Wildman–Crippen LogP) is 0.913. The molecule has 8 heavy (non-hydrogen) atoms. The van der Waals surface area contributed by atoms with Gasteiger partial charge in [0.1, 0.15) is 6.61 Å². The molecule has 1 radical (unpaired) electrons. The second kappa shape index (κ2) is 6.63. The van der Waals surface area contributed by atoms with Crippen molar-refractivity contribution < 1.29 is 9.53 Å². The van der Waals surface area contributed by atoms with E-state index in [1.54, 1.807) is 6.29 Å². The minimum atomic E-state index is 0.125. The summed E-state index contributed by atoms with van der Waals surface area (Å²) in [5.74, 6) is 0. The summed E-state index contributed by atoms with van der Waals surface area (Å²) in [6, 6.07) is 0. The Morgan fingerprint density at radius 1 is 1.62 bits per heavy atom. The lowest BCUT2D eigenvalue weighted by molar-refractivity contribution is 0.166. The maximum absolute atomic E-state index is 9.52. The molecule has 47 valence electrons. The van der Waals surface area contributed by atoms with Crippen LogP contribution in [0.4, 0.5) is 0 Å². The van der Waals surface area contributed by atoms with E-state index in [0.29, 0.717) is 6.61 Å². The Labute approximate surface area is 49.8 Å². The average Bonchev–Trinajstić information content (AvgIpc) is 1.81. The topological polar surface area (TPSA) is 26.3 Å². The standard InChI is InChI=1S/C6H11O2/c1-2-3-5-8-6-4-7/h2-3,5-6H2,1H3. The lowest BCUT2D eigenvalue weighted by Gasteiger charge is -1.93. The summed E-state index contributed by atoms with van der Waals surface area (Å²) in [7, 11) is 0. The zero-order valence-electron chi connectivity index (χ0n) is 5.14. The van der Waals surface area contributed by atoms with Crippen LogP contribution in [0.5, 0.6) is 0 Å². The molecule has 0 aromatic heterocycles. The highest BCUT2D eigenvalue weighted by atomic mass is 16.5. The van der Waals surface area contributed by atoms with Crippen molar-refractivity contribution in [2.75, 3.05) is 13.2 Å². The van der Waals surface area contributed by atoms with Gasteiger partial charge in [-0.2, -0.15) is 0 Å². The summed E-state index contributed by atoms with van der Waals surface area (Å²) in [6.07, 6.45) is 3.79. The van der Waals surface area contributed by atoms with Crippen molar-refractivity contribution in [3.63, 3.8) is 0 Å². The molecule has 0 fully saturated rings. The van der Waals surface area contributed by atoms with E-state index >= 15 is 0 Å². The number of ether oxygens (including phenoxy) is 1. The van der Waals surface area contributed by atoms with Crippen LogP contribution in [-0.2, 0) is 9.53 Å². The van der Waals surface area contributed by atoms with E-state index in [0.717, 1.165) is 12.8 Å². The molecule has 0 aromatic rings. The first-order chi connectivity index (χ1) is 3.91. The molecule has 2 heteroatoms. The van der Waals surface area contributed by atoms with Crippen LogP contribution < -0.4 is 0 Å². The van der Waals surface area contributed by atoms with E-state index in [-0.39, 0.29) is 6.61 Å². The fourth-order valence-electron chi connectivity index (χ4n) is 0.360. The summed E-state index contributed by atoms with van der Waals surface area (Å²) < 4.78 is 4.80. The van der Waals surface area contributed by atoms with Crippen LogP contribution >= 0.6 is 0 Å². The van der Waals surface area contributed by atoms with Gasteiger partial charge < -0.3 is 4.74 Å². The fraction of sp³-hybridized carbons (Fsp3) is 0.833. The Morgan fingerprint density at radius 3 is 2.88 bits per heavy atom. The van der Waals surface area contributed by atoms with Crippen molar-refractivity contribution in [1.29, 1.82) is 0 Å². The molecule has 0 aliphatic rings. The summed E-state index contributed by atoms with van der Waals surface area (Å²) in [5, 5.41) is 0. The van der Waals surface area contributed by atoms with Crippen LogP contribution in [0.2, 0.25) is 0 Å². The Bertz CT molecular complexity index is 52.5. The number of hydrogen-bond donors (Lipinski definition) is 0. The molecular weight excluding hydrogens is 104 g/mol. The zero-order valence-corrected chi connectivity index (χ0v) is 5.14. The molecule has 0 aromatic carbocycles. The largest absolute Gasteiger partial charge is 0.373 e. The highest BCUT2D eigenvalue weighted by Crippen LogP contribution is 1.85. The average molecular weight is 115 g/mol. The molecule has 0 atom stereocenters. The third kappa shape index (κ3) is 5.63. The van der Waals surface area contributed by atoms with E-state index in [1.807, 2.05) is 0 Å². The minimum Gasteiger partial charge on any atom is -0.373 e. The second-order valence-corrected chi connectivity index (χ2v) is 1.55. The Hall–Kier alpha value is -0.370. The molecule has 0 amide bonds. The van der Waals surface area contributed by atoms with Gasteiger partial charge in [0.25, 0.3) is 0 Å². The van der Waals surface area contributed by atoms with Crippen LogP contribution in [-0.4, -0.2) is 19.5 Å². The van der Waals surface area contributed by atoms with Gasteiger partial charge in [0.2, 0.25) is 6.29 Å². The van der Waals surface area contributed by atoms with Gasteiger partial charge in [0.05, 0.1) is 0 Å². The van der Waals surface area contributed by atoms with Crippen molar-refractivity contribution in [2.24, 2.45) is 0 Å². The molecule has 0 saturated carbocycles. The number of unbranched alkanes of at least 4 members (excludes halogenated alkanes) is 1. The highest BCUT2D eigenvalue weighted by molar-refractivity contribution is 5.51. The van der Waals surface area contributed by atoms with E-state index < -0.39 is 0 Å². The van der Waals surface area contributed by atoms with Crippen LogP contribution in [0.15, 0.2) is 0 Å². The lowest BCUT2D eigenvalue weighted by atomic mass is 10.4. The molecule has 0 spiro atoms. The van der Waals surface area contributed by atoms with Crippen molar-refractivity contribution in [1.82, 2.24) is 0 Å². The third-order valence-corrected chi connectivity index (χ3v) is 0.803. The molecule has 2 nitrogen and oxygen atoms in total. The normalized spacial score (nSPS) is 9.12. The SMILES string of the molecule is CCCCOC[C]=O. The molecule has 0 saturated heterocycles. The molecule has 0 N–H and O–H groups in total. The van der Waals surface area contributed by atoms with E-state index in [4.69, 9.17) is 4.74 Å². The Kier molecular flexibility index (Phi) is 6.32. The first-order valence-corrected chi connectivity index (χ1v) is 2.84. The van der Waals surface area contributed by atoms with Gasteiger partial charge in [-0.15, -0.1) is 0 Å². The first kappa shape index (κ1) is 7.63. The second-order valence-electron chi connectivity index (χ2n) is 1.55. The van der Waals surface area contributed by atoms with Crippen molar-refractivity contribution in [3.8, 4) is 0 Å².